The van der Waals surface area contributed by atoms with Gasteiger partial charge in [0, 0.05) is 24.4 Å². The Morgan fingerprint density at radius 3 is 2.25 bits per heavy atom. The Kier molecular flexibility index (Phi) is 8.91. The van der Waals surface area contributed by atoms with Crippen molar-refractivity contribution in [2.75, 3.05) is 14.1 Å². The van der Waals surface area contributed by atoms with Crippen LogP contribution in [0.4, 0.5) is 13.6 Å². The number of hydrogen-bond donors (Lipinski definition) is 2. The number of halogens is 2. The highest BCUT2D eigenvalue weighted by atomic mass is 32.2. The SMILES string of the molecule is Cc1ccccc1S(=O)(=O)NC(=O)N[C@@H](Cc1cc(F)cc(F)c1)c1ncccc1-c1ccc(CN(C)C)cc1. The van der Waals surface area contributed by atoms with Gasteiger partial charge >= 0.3 is 6.03 Å². The molecule has 1 atom stereocenters. The normalized spacial score (nSPS) is 12.2. The third-order valence-corrected chi connectivity index (χ3v) is 7.70. The Morgan fingerprint density at radius 2 is 1.60 bits per heavy atom. The summed E-state index contributed by atoms with van der Waals surface area (Å²) in [6.07, 6.45) is 1.50. The van der Waals surface area contributed by atoms with Crippen LogP contribution in [0.25, 0.3) is 11.1 Å². The van der Waals surface area contributed by atoms with E-state index >= 15 is 0 Å². The predicted octanol–water partition coefficient (Wildman–Crippen LogP) is 5.37. The molecular weight excluding hydrogens is 534 g/mol. The molecule has 2 amide bonds. The maximum Gasteiger partial charge on any atom is 0.329 e. The molecule has 0 saturated heterocycles. The van der Waals surface area contributed by atoms with Gasteiger partial charge in [-0.05, 0) is 74.0 Å². The Bertz CT molecular complexity index is 1590. The lowest BCUT2D eigenvalue weighted by molar-refractivity contribution is 0.242. The van der Waals surface area contributed by atoms with Gasteiger partial charge < -0.3 is 10.2 Å². The molecule has 0 aliphatic rings. The third-order valence-electron chi connectivity index (χ3n) is 6.21. The number of nitrogens with one attached hydrogen (secondary N) is 2. The molecule has 4 aromatic rings. The van der Waals surface area contributed by atoms with Crippen LogP contribution in [0.2, 0.25) is 0 Å². The van der Waals surface area contributed by atoms with E-state index in [0.29, 0.717) is 16.8 Å². The zero-order valence-electron chi connectivity index (χ0n) is 22.4. The van der Waals surface area contributed by atoms with Crippen molar-refractivity contribution < 1.29 is 22.0 Å². The number of aromatic nitrogens is 1. The van der Waals surface area contributed by atoms with Crippen molar-refractivity contribution in [1.82, 2.24) is 19.9 Å². The lowest BCUT2D eigenvalue weighted by Gasteiger charge is -2.22. The van der Waals surface area contributed by atoms with E-state index in [0.717, 1.165) is 23.7 Å². The minimum absolute atomic E-state index is 0.0368. The number of sulfonamides is 1. The van der Waals surface area contributed by atoms with Gasteiger partial charge in [0.2, 0.25) is 0 Å². The van der Waals surface area contributed by atoms with Gasteiger partial charge in [-0.1, -0.05) is 48.5 Å². The van der Waals surface area contributed by atoms with Crippen LogP contribution in [0.1, 0.15) is 28.4 Å². The highest BCUT2D eigenvalue weighted by Crippen LogP contribution is 2.29. The molecule has 40 heavy (non-hydrogen) atoms. The highest BCUT2D eigenvalue weighted by Gasteiger charge is 2.25. The second-order valence-electron chi connectivity index (χ2n) is 9.75. The summed E-state index contributed by atoms with van der Waals surface area (Å²) in [6.45, 7) is 2.38. The van der Waals surface area contributed by atoms with Gasteiger partial charge in [-0.3, -0.25) is 4.98 Å². The van der Waals surface area contributed by atoms with E-state index in [1.54, 1.807) is 37.4 Å². The number of pyridine rings is 1. The fourth-order valence-corrected chi connectivity index (χ4v) is 5.66. The smallest absolute Gasteiger partial charge is 0.329 e. The van der Waals surface area contributed by atoms with Crippen molar-refractivity contribution in [2.24, 2.45) is 0 Å². The van der Waals surface area contributed by atoms with Gasteiger partial charge in [0.25, 0.3) is 10.0 Å². The summed E-state index contributed by atoms with van der Waals surface area (Å²) in [6, 6.07) is 18.8. The monoisotopic (exact) mass is 564 g/mol. The van der Waals surface area contributed by atoms with E-state index < -0.39 is 33.7 Å². The highest BCUT2D eigenvalue weighted by molar-refractivity contribution is 7.90. The maximum absolute atomic E-state index is 14.0. The maximum atomic E-state index is 14.0. The standard InChI is InChI=1S/C30H30F2N4O3S/c1-20-7-4-5-9-28(20)40(38,39)35-30(37)34-27(17-22-15-24(31)18-25(32)16-22)29-26(8-6-14-33-29)23-12-10-21(11-13-23)19-36(2)3/h4-16,18,27H,17,19H2,1-3H3,(H2,34,35,37)/t27-/m0/s1. The number of aryl methyl sites for hydroxylation is 1. The third kappa shape index (κ3) is 7.28. The lowest BCUT2D eigenvalue weighted by Crippen LogP contribution is -2.42. The topological polar surface area (TPSA) is 91.4 Å². The molecule has 0 aliphatic heterocycles. The van der Waals surface area contributed by atoms with Gasteiger partial charge in [0.1, 0.15) is 11.6 Å². The number of amides is 2. The average Bonchev–Trinajstić information content (AvgIpc) is 2.88. The predicted molar refractivity (Wildman–Crippen MR) is 150 cm³/mol. The molecule has 0 bridgehead atoms. The minimum atomic E-state index is -4.19. The molecule has 2 N–H and O–H groups in total. The van der Waals surface area contributed by atoms with Crippen molar-refractivity contribution in [3.63, 3.8) is 0 Å². The molecule has 1 aromatic heterocycles. The summed E-state index contributed by atoms with van der Waals surface area (Å²) < 4.78 is 56.0. The second kappa shape index (κ2) is 12.4. The van der Waals surface area contributed by atoms with Crippen LogP contribution in [0.5, 0.6) is 0 Å². The fourth-order valence-electron chi connectivity index (χ4n) is 4.50. The number of carbonyl (C=O) groups is 1. The first-order valence-electron chi connectivity index (χ1n) is 12.5. The molecule has 1 heterocycles. The molecular formula is C30H30F2N4O3S. The second-order valence-corrected chi connectivity index (χ2v) is 11.4. The molecule has 0 radical (unpaired) electrons. The van der Waals surface area contributed by atoms with Gasteiger partial charge in [0.05, 0.1) is 16.6 Å². The lowest BCUT2D eigenvalue weighted by atomic mass is 9.95. The van der Waals surface area contributed by atoms with Crippen LogP contribution in [-0.4, -0.2) is 38.4 Å². The Labute approximate surface area is 232 Å². The molecule has 208 valence electrons. The quantitative estimate of drug-likeness (QED) is 0.285. The first-order valence-corrected chi connectivity index (χ1v) is 14.0. The molecule has 0 unspecified atom stereocenters. The van der Waals surface area contributed by atoms with Gasteiger partial charge in [0.15, 0.2) is 0 Å². The first-order chi connectivity index (χ1) is 19.0. The summed E-state index contributed by atoms with van der Waals surface area (Å²) in [5.41, 5.74) is 3.75. The summed E-state index contributed by atoms with van der Waals surface area (Å²) in [4.78, 5) is 19.6. The van der Waals surface area contributed by atoms with Crippen molar-refractivity contribution >= 4 is 16.1 Å². The van der Waals surface area contributed by atoms with Crippen molar-refractivity contribution in [1.29, 1.82) is 0 Å². The fraction of sp³-hybridized carbons (Fsp3) is 0.200. The molecule has 4 rings (SSSR count). The van der Waals surface area contributed by atoms with Crippen molar-refractivity contribution in [3.05, 3.63) is 119 Å². The average molecular weight is 565 g/mol. The van der Waals surface area contributed by atoms with Crippen LogP contribution in [-0.2, 0) is 23.0 Å². The zero-order chi connectivity index (χ0) is 28.9. The molecule has 0 spiro atoms. The van der Waals surface area contributed by atoms with Gasteiger partial charge in [-0.15, -0.1) is 0 Å². The van der Waals surface area contributed by atoms with Crippen LogP contribution < -0.4 is 10.0 Å². The van der Waals surface area contributed by atoms with E-state index in [2.05, 4.69) is 10.3 Å². The summed E-state index contributed by atoms with van der Waals surface area (Å²) in [7, 11) is -0.237. The Morgan fingerprint density at radius 1 is 0.925 bits per heavy atom. The van der Waals surface area contributed by atoms with Crippen LogP contribution in [0, 0.1) is 18.6 Å². The molecule has 3 aromatic carbocycles. The van der Waals surface area contributed by atoms with Crippen molar-refractivity contribution in [2.45, 2.75) is 30.8 Å². The minimum Gasteiger partial charge on any atom is -0.329 e. The zero-order valence-corrected chi connectivity index (χ0v) is 23.2. The van der Waals surface area contributed by atoms with Crippen LogP contribution in [0.15, 0.2) is 90.0 Å². The van der Waals surface area contributed by atoms with Gasteiger partial charge in [-0.2, -0.15) is 0 Å². The summed E-state index contributed by atoms with van der Waals surface area (Å²) in [5.74, 6) is -1.53. The number of nitrogens with zero attached hydrogens (tertiary/aromatic N) is 2. The first kappa shape index (κ1) is 28.8. The number of urea groups is 1. The Balaban J connectivity index is 1.69. The van der Waals surface area contributed by atoms with E-state index in [1.165, 1.54) is 18.2 Å². The van der Waals surface area contributed by atoms with Crippen LogP contribution in [0.3, 0.4) is 0 Å². The van der Waals surface area contributed by atoms with Crippen molar-refractivity contribution in [3.8, 4) is 11.1 Å². The molecule has 7 nitrogen and oxygen atoms in total. The van der Waals surface area contributed by atoms with E-state index in [1.807, 2.05) is 54.0 Å². The summed E-state index contributed by atoms with van der Waals surface area (Å²) in [5, 5.41) is 2.67. The molecule has 0 aliphatic carbocycles. The summed E-state index contributed by atoms with van der Waals surface area (Å²) >= 11 is 0. The largest absolute Gasteiger partial charge is 0.329 e. The Hall–Kier alpha value is -4.15. The van der Waals surface area contributed by atoms with Crippen LogP contribution >= 0.6 is 0 Å². The molecule has 0 fully saturated rings. The van der Waals surface area contributed by atoms with E-state index in [9.17, 15) is 22.0 Å². The number of rotatable bonds is 9. The number of carbonyl (C=O) groups excluding carboxylic acids is 1. The van der Waals surface area contributed by atoms with E-state index in [4.69, 9.17) is 0 Å². The van der Waals surface area contributed by atoms with Gasteiger partial charge in [-0.25, -0.2) is 26.7 Å². The number of hydrogen-bond acceptors (Lipinski definition) is 5. The number of benzene rings is 3. The molecule has 10 heteroatoms. The molecule has 0 saturated carbocycles. The van der Waals surface area contributed by atoms with E-state index in [-0.39, 0.29) is 16.9 Å².